The summed E-state index contributed by atoms with van der Waals surface area (Å²) < 4.78 is 0. The molecule has 1 N–H and O–H groups in total. The minimum Gasteiger partial charge on any atom is -0.358 e. The molecule has 0 fully saturated rings. The maximum Gasteiger partial charge on any atom is 0.166 e. The molecule has 0 spiro atoms. The zero-order chi connectivity index (χ0) is 9.10. The Balaban J connectivity index is 2.41. The van der Waals surface area contributed by atoms with Crippen LogP contribution in [0.4, 0.5) is 0 Å². The minimum atomic E-state index is 0.542. The molecule has 0 aliphatic heterocycles. The molecule has 0 saturated carbocycles. The van der Waals surface area contributed by atoms with Gasteiger partial charge in [0.2, 0.25) is 0 Å². The number of carbonyl (C=O) groups is 1. The van der Waals surface area contributed by atoms with E-state index in [1.54, 1.807) is 30.9 Å². The Morgan fingerprint density at radius 3 is 2.92 bits per heavy atom. The summed E-state index contributed by atoms with van der Waals surface area (Å²) in [5, 5.41) is 0. The predicted molar refractivity (Wildman–Crippen MR) is 47.2 cm³/mol. The van der Waals surface area contributed by atoms with Crippen LogP contribution in [-0.4, -0.2) is 21.2 Å². The highest BCUT2D eigenvalue weighted by molar-refractivity contribution is 5.76. The number of aldehydes is 1. The molecule has 4 nitrogen and oxygen atoms in total. The number of hydrogen-bond acceptors (Lipinski definition) is 3. The van der Waals surface area contributed by atoms with Crippen LogP contribution in [0.2, 0.25) is 0 Å². The first-order valence-electron chi connectivity index (χ1n) is 3.80. The van der Waals surface area contributed by atoms with Gasteiger partial charge in [-0.3, -0.25) is 14.8 Å². The van der Waals surface area contributed by atoms with Gasteiger partial charge >= 0.3 is 0 Å². The van der Waals surface area contributed by atoms with E-state index in [4.69, 9.17) is 0 Å². The van der Waals surface area contributed by atoms with Gasteiger partial charge in [0.25, 0.3) is 0 Å². The summed E-state index contributed by atoms with van der Waals surface area (Å²) in [6.07, 6.45) is 7.37. The number of aromatic nitrogens is 3. The molecule has 0 bridgehead atoms. The van der Waals surface area contributed by atoms with Gasteiger partial charge in [0.05, 0.1) is 17.6 Å². The molecule has 4 heteroatoms. The molecule has 0 aromatic carbocycles. The van der Waals surface area contributed by atoms with Crippen molar-refractivity contribution in [1.29, 1.82) is 0 Å². The molecule has 64 valence electrons. The highest BCUT2D eigenvalue weighted by atomic mass is 16.1. The van der Waals surface area contributed by atoms with Gasteiger partial charge in [-0.05, 0) is 6.07 Å². The van der Waals surface area contributed by atoms with Crippen LogP contribution in [0.3, 0.4) is 0 Å². The first kappa shape index (κ1) is 7.67. The summed E-state index contributed by atoms with van der Waals surface area (Å²) in [6.45, 7) is 0. The van der Waals surface area contributed by atoms with Crippen molar-refractivity contribution in [2.75, 3.05) is 0 Å². The van der Waals surface area contributed by atoms with E-state index < -0.39 is 0 Å². The van der Waals surface area contributed by atoms with Crippen LogP contribution in [-0.2, 0) is 0 Å². The predicted octanol–water partition coefficient (Wildman–Crippen LogP) is 1.28. The molecular formula is C9H7N3O. The molecule has 0 unspecified atom stereocenters. The molecule has 2 rings (SSSR count). The molecule has 0 atom stereocenters. The number of nitrogens with one attached hydrogen (secondary N) is 1. The standard InChI is InChI=1S/C9H7N3O/c13-6-8-3-7(4-12-8)9-5-10-1-2-11-9/h1-6,12H. The van der Waals surface area contributed by atoms with Crippen LogP contribution in [0.25, 0.3) is 11.3 Å². The molecule has 0 aliphatic rings. The molecule has 13 heavy (non-hydrogen) atoms. The van der Waals surface area contributed by atoms with Crippen LogP contribution < -0.4 is 0 Å². The van der Waals surface area contributed by atoms with Crippen molar-refractivity contribution in [1.82, 2.24) is 15.0 Å². The Bertz CT molecular complexity index is 408. The highest BCUT2D eigenvalue weighted by Gasteiger charge is 2.01. The summed E-state index contributed by atoms with van der Waals surface area (Å²) in [7, 11) is 0. The fourth-order valence-corrected chi connectivity index (χ4v) is 1.08. The minimum absolute atomic E-state index is 0.542. The van der Waals surface area contributed by atoms with Crippen molar-refractivity contribution in [3.8, 4) is 11.3 Å². The largest absolute Gasteiger partial charge is 0.358 e. The number of aromatic amines is 1. The lowest BCUT2D eigenvalue weighted by molar-refractivity contribution is 0.111. The molecule has 0 saturated heterocycles. The Morgan fingerprint density at radius 2 is 2.31 bits per heavy atom. The third-order valence-electron chi connectivity index (χ3n) is 1.69. The Kier molecular flexibility index (Phi) is 1.88. The normalized spacial score (nSPS) is 9.85. The van der Waals surface area contributed by atoms with Crippen molar-refractivity contribution in [3.05, 3.63) is 36.5 Å². The first-order chi connectivity index (χ1) is 6.40. The van der Waals surface area contributed by atoms with Crippen molar-refractivity contribution in [2.24, 2.45) is 0 Å². The van der Waals surface area contributed by atoms with Gasteiger partial charge in [-0.15, -0.1) is 0 Å². The van der Waals surface area contributed by atoms with Crippen LogP contribution >= 0.6 is 0 Å². The summed E-state index contributed by atoms with van der Waals surface area (Å²) in [5.74, 6) is 0. The average Bonchev–Trinajstić information content (AvgIpc) is 2.67. The van der Waals surface area contributed by atoms with Gasteiger partial charge in [0, 0.05) is 24.2 Å². The van der Waals surface area contributed by atoms with Gasteiger partial charge in [0.15, 0.2) is 6.29 Å². The van der Waals surface area contributed by atoms with Crippen LogP contribution in [0.5, 0.6) is 0 Å². The molecule has 0 aliphatic carbocycles. The van der Waals surface area contributed by atoms with Gasteiger partial charge in [0.1, 0.15) is 0 Å². The quantitative estimate of drug-likeness (QED) is 0.696. The first-order valence-corrected chi connectivity index (χ1v) is 3.80. The SMILES string of the molecule is O=Cc1cc(-c2cnccn2)c[nH]1. The zero-order valence-electron chi connectivity index (χ0n) is 6.77. The number of carbonyl (C=O) groups excluding carboxylic acids is 1. The van der Waals surface area contributed by atoms with Gasteiger partial charge in [-0.1, -0.05) is 0 Å². The summed E-state index contributed by atoms with van der Waals surface area (Å²) in [6, 6.07) is 1.73. The Morgan fingerprint density at radius 1 is 1.38 bits per heavy atom. The van der Waals surface area contributed by atoms with Gasteiger partial charge < -0.3 is 4.98 Å². The second-order valence-electron chi connectivity index (χ2n) is 2.55. The lowest BCUT2D eigenvalue weighted by atomic mass is 10.2. The number of rotatable bonds is 2. The van der Waals surface area contributed by atoms with E-state index in [1.165, 1.54) is 0 Å². The third kappa shape index (κ3) is 1.46. The van der Waals surface area contributed by atoms with Crippen molar-refractivity contribution >= 4 is 6.29 Å². The zero-order valence-corrected chi connectivity index (χ0v) is 6.77. The van der Waals surface area contributed by atoms with Gasteiger partial charge in [-0.2, -0.15) is 0 Å². The lowest BCUT2D eigenvalue weighted by Crippen LogP contribution is -1.80. The fourth-order valence-electron chi connectivity index (χ4n) is 1.08. The summed E-state index contributed by atoms with van der Waals surface area (Å²) in [5.41, 5.74) is 2.17. The molecule has 2 heterocycles. The lowest BCUT2D eigenvalue weighted by Gasteiger charge is -1.91. The molecule has 0 radical (unpaired) electrons. The van der Waals surface area contributed by atoms with E-state index in [1.807, 2.05) is 0 Å². The van der Waals surface area contributed by atoms with E-state index in [2.05, 4.69) is 15.0 Å². The smallest absolute Gasteiger partial charge is 0.166 e. The van der Waals surface area contributed by atoms with E-state index >= 15 is 0 Å². The summed E-state index contributed by atoms with van der Waals surface area (Å²) in [4.78, 5) is 21.2. The van der Waals surface area contributed by atoms with Crippen LogP contribution in [0, 0.1) is 0 Å². The Hall–Kier alpha value is -1.97. The Labute approximate surface area is 74.7 Å². The topological polar surface area (TPSA) is 58.6 Å². The van der Waals surface area contributed by atoms with E-state index in [0.29, 0.717) is 5.69 Å². The van der Waals surface area contributed by atoms with Gasteiger partial charge in [-0.25, -0.2) is 0 Å². The van der Waals surface area contributed by atoms with Crippen LogP contribution in [0.15, 0.2) is 30.9 Å². The highest BCUT2D eigenvalue weighted by Crippen LogP contribution is 2.15. The number of H-pyrrole nitrogens is 1. The van der Waals surface area contributed by atoms with Crippen LogP contribution in [0.1, 0.15) is 10.5 Å². The maximum absolute atomic E-state index is 10.4. The van der Waals surface area contributed by atoms with E-state index in [9.17, 15) is 4.79 Å². The maximum atomic E-state index is 10.4. The molecular weight excluding hydrogens is 166 g/mol. The molecule has 2 aromatic heterocycles. The second-order valence-corrected chi connectivity index (χ2v) is 2.55. The molecule has 0 amide bonds. The van der Waals surface area contributed by atoms with Crippen molar-refractivity contribution in [3.63, 3.8) is 0 Å². The number of hydrogen-bond donors (Lipinski definition) is 1. The average molecular weight is 173 g/mol. The summed E-state index contributed by atoms with van der Waals surface area (Å²) >= 11 is 0. The molecule has 2 aromatic rings. The van der Waals surface area contributed by atoms with Crippen molar-refractivity contribution in [2.45, 2.75) is 0 Å². The third-order valence-corrected chi connectivity index (χ3v) is 1.69. The second kappa shape index (κ2) is 3.18. The van der Waals surface area contributed by atoms with E-state index in [-0.39, 0.29) is 0 Å². The number of nitrogens with zero attached hydrogens (tertiary/aromatic N) is 2. The van der Waals surface area contributed by atoms with E-state index in [0.717, 1.165) is 17.5 Å². The monoisotopic (exact) mass is 173 g/mol. The fraction of sp³-hybridized carbons (Fsp3) is 0. The van der Waals surface area contributed by atoms with Crippen molar-refractivity contribution < 1.29 is 4.79 Å².